The first-order valence-corrected chi connectivity index (χ1v) is 9.99. The van der Waals surface area contributed by atoms with Gasteiger partial charge in [0, 0.05) is 31.4 Å². The highest BCUT2D eigenvalue weighted by Gasteiger charge is 2.32. The lowest BCUT2D eigenvalue weighted by Gasteiger charge is -2.37. The summed E-state index contributed by atoms with van der Waals surface area (Å²) in [6.45, 7) is 0.253. The minimum atomic E-state index is -4.83. The molecule has 10 heteroatoms. The van der Waals surface area contributed by atoms with Gasteiger partial charge in [0.15, 0.2) is 0 Å². The van der Waals surface area contributed by atoms with Gasteiger partial charge in [-0.25, -0.2) is 9.37 Å². The Morgan fingerprint density at radius 3 is 2.56 bits per heavy atom. The van der Waals surface area contributed by atoms with E-state index in [0.717, 1.165) is 31.5 Å². The van der Waals surface area contributed by atoms with Crippen LogP contribution in [0.5, 0.6) is 5.75 Å². The fraction of sp³-hybridized carbons (Fsp3) is 0.318. The molecule has 3 aromatic rings. The number of aryl methyl sites for hydroxylation is 1. The molecule has 32 heavy (non-hydrogen) atoms. The first-order chi connectivity index (χ1) is 15.2. The molecule has 0 aliphatic heterocycles. The summed E-state index contributed by atoms with van der Waals surface area (Å²) < 4.78 is 57.0. The number of hydrogen-bond donors (Lipinski definition) is 0. The van der Waals surface area contributed by atoms with E-state index in [1.807, 2.05) is 0 Å². The molecule has 2 aromatic heterocycles. The van der Waals surface area contributed by atoms with Gasteiger partial charge in [-0.05, 0) is 49.1 Å². The summed E-state index contributed by atoms with van der Waals surface area (Å²) in [7, 11) is 1.78. The molecule has 0 bridgehead atoms. The minimum absolute atomic E-state index is 0.0786. The van der Waals surface area contributed by atoms with Gasteiger partial charge in [-0.3, -0.25) is 9.78 Å². The summed E-state index contributed by atoms with van der Waals surface area (Å²) in [5.74, 6) is -1.26. The van der Waals surface area contributed by atoms with Gasteiger partial charge in [0.05, 0.1) is 18.2 Å². The molecule has 1 fully saturated rings. The lowest BCUT2D eigenvalue weighted by atomic mass is 9.90. The molecule has 168 valence electrons. The molecule has 1 aliphatic rings. The largest absolute Gasteiger partial charge is 0.573 e. The Kier molecular flexibility index (Phi) is 5.86. The van der Waals surface area contributed by atoms with Crippen LogP contribution in [-0.4, -0.2) is 37.7 Å². The highest BCUT2D eigenvalue weighted by Crippen LogP contribution is 2.30. The SMILES string of the molecule is Cn1cnc(C(=O)N(Cc2ccc(F)c(-c3ccc(OC(F)(F)F)cn3)c2)C2CCC2)c1. The summed E-state index contributed by atoms with van der Waals surface area (Å²) in [4.78, 5) is 22.8. The fourth-order valence-corrected chi connectivity index (χ4v) is 3.53. The number of nitrogens with zero attached hydrogens (tertiary/aromatic N) is 4. The van der Waals surface area contributed by atoms with Crippen LogP contribution >= 0.6 is 0 Å². The zero-order valence-electron chi connectivity index (χ0n) is 17.1. The second kappa shape index (κ2) is 8.60. The van der Waals surface area contributed by atoms with E-state index >= 15 is 0 Å². The maximum atomic E-state index is 14.5. The van der Waals surface area contributed by atoms with Gasteiger partial charge < -0.3 is 14.2 Å². The van der Waals surface area contributed by atoms with Crippen molar-refractivity contribution in [2.75, 3.05) is 0 Å². The van der Waals surface area contributed by atoms with Crippen LogP contribution in [0, 0.1) is 5.82 Å². The molecule has 2 heterocycles. The molecule has 0 spiro atoms. The number of amides is 1. The molecule has 0 atom stereocenters. The summed E-state index contributed by atoms with van der Waals surface area (Å²) in [6.07, 6.45) is 2.06. The first kappa shape index (κ1) is 21.8. The van der Waals surface area contributed by atoms with Crippen molar-refractivity contribution in [3.8, 4) is 17.0 Å². The van der Waals surface area contributed by atoms with E-state index < -0.39 is 17.9 Å². The summed E-state index contributed by atoms with van der Waals surface area (Å²) in [5.41, 5.74) is 1.30. The standard InChI is InChI=1S/C22H20F4N4O2/c1-29-12-20(28-13-29)21(31)30(15-3-2-4-15)11-14-5-7-18(23)17(9-14)19-8-6-16(10-27-19)32-22(24,25)26/h5-10,12-13,15H,2-4,11H2,1H3. The van der Waals surface area contributed by atoms with Crippen LogP contribution in [0.1, 0.15) is 35.3 Å². The molecule has 1 aromatic carbocycles. The van der Waals surface area contributed by atoms with Crippen molar-refractivity contribution in [1.82, 2.24) is 19.4 Å². The highest BCUT2D eigenvalue weighted by atomic mass is 19.4. The molecule has 1 saturated carbocycles. The lowest BCUT2D eigenvalue weighted by molar-refractivity contribution is -0.274. The number of benzene rings is 1. The molecule has 6 nitrogen and oxygen atoms in total. The second-order valence-electron chi connectivity index (χ2n) is 7.68. The van der Waals surface area contributed by atoms with Crippen molar-refractivity contribution in [1.29, 1.82) is 0 Å². The Morgan fingerprint density at radius 1 is 1.22 bits per heavy atom. The van der Waals surface area contributed by atoms with Crippen molar-refractivity contribution in [2.45, 2.75) is 38.2 Å². The van der Waals surface area contributed by atoms with Gasteiger partial charge >= 0.3 is 6.36 Å². The average Bonchev–Trinajstić information content (AvgIpc) is 3.13. The number of aromatic nitrogens is 3. The smallest absolute Gasteiger partial charge is 0.404 e. The molecule has 0 N–H and O–H groups in total. The normalized spacial score (nSPS) is 14.2. The first-order valence-electron chi connectivity index (χ1n) is 9.99. The molecule has 4 rings (SSSR count). The maximum absolute atomic E-state index is 14.5. The fourth-order valence-electron chi connectivity index (χ4n) is 3.53. The van der Waals surface area contributed by atoms with Crippen molar-refractivity contribution in [3.05, 3.63) is 66.1 Å². The zero-order chi connectivity index (χ0) is 22.9. The van der Waals surface area contributed by atoms with Crippen LogP contribution in [0.15, 0.2) is 49.1 Å². The number of hydrogen-bond acceptors (Lipinski definition) is 4. The van der Waals surface area contributed by atoms with Crippen LogP contribution in [0.25, 0.3) is 11.3 Å². The Labute approximate surface area is 181 Å². The molecule has 0 saturated heterocycles. The molecule has 0 radical (unpaired) electrons. The van der Waals surface area contributed by atoms with Gasteiger partial charge in [-0.15, -0.1) is 13.2 Å². The number of alkyl halides is 3. The van der Waals surface area contributed by atoms with Crippen LogP contribution in [0.4, 0.5) is 17.6 Å². The van der Waals surface area contributed by atoms with Crippen molar-refractivity contribution in [3.63, 3.8) is 0 Å². The van der Waals surface area contributed by atoms with E-state index in [-0.39, 0.29) is 29.8 Å². The number of carbonyl (C=O) groups is 1. The third kappa shape index (κ3) is 4.90. The monoisotopic (exact) mass is 448 g/mol. The molecule has 1 aliphatic carbocycles. The summed E-state index contributed by atoms with van der Waals surface area (Å²) >= 11 is 0. The van der Waals surface area contributed by atoms with Crippen LogP contribution in [-0.2, 0) is 13.6 Å². The molecular weight excluding hydrogens is 428 g/mol. The quantitative estimate of drug-likeness (QED) is 0.513. The number of halogens is 4. The number of carbonyl (C=O) groups excluding carboxylic acids is 1. The second-order valence-corrected chi connectivity index (χ2v) is 7.68. The average molecular weight is 448 g/mol. The van der Waals surface area contributed by atoms with Crippen molar-refractivity contribution < 1.29 is 27.1 Å². The third-order valence-electron chi connectivity index (χ3n) is 5.33. The zero-order valence-corrected chi connectivity index (χ0v) is 17.1. The van der Waals surface area contributed by atoms with Gasteiger partial charge in [-0.2, -0.15) is 0 Å². The Bertz CT molecular complexity index is 1110. The maximum Gasteiger partial charge on any atom is 0.573 e. The Hall–Kier alpha value is -3.43. The predicted molar refractivity (Wildman–Crippen MR) is 107 cm³/mol. The number of pyridine rings is 1. The lowest BCUT2D eigenvalue weighted by Crippen LogP contribution is -2.43. The topological polar surface area (TPSA) is 60.2 Å². The summed E-state index contributed by atoms with van der Waals surface area (Å²) in [5, 5.41) is 0. The predicted octanol–water partition coefficient (Wildman–Crippen LogP) is 4.71. The van der Waals surface area contributed by atoms with Gasteiger partial charge in [-0.1, -0.05) is 6.07 Å². The van der Waals surface area contributed by atoms with Crippen LogP contribution < -0.4 is 4.74 Å². The third-order valence-corrected chi connectivity index (χ3v) is 5.33. The molecule has 1 amide bonds. The van der Waals surface area contributed by atoms with E-state index in [9.17, 15) is 22.4 Å². The van der Waals surface area contributed by atoms with Crippen LogP contribution in [0.2, 0.25) is 0 Å². The van der Waals surface area contributed by atoms with Crippen LogP contribution in [0.3, 0.4) is 0 Å². The minimum Gasteiger partial charge on any atom is -0.404 e. The van der Waals surface area contributed by atoms with E-state index in [1.54, 1.807) is 41.2 Å². The van der Waals surface area contributed by atoms with Crippen molar-refractivity contribution >= 4 is 5.91 Å². The summed E-state index contributed by atoms with van der Waals surface area (Å²) in [6, 6.07) is 6.81. The van der Waals surface area contributed by atoms with E-state index in [1.165, 1.54) is 12.1 Å². The van der Waals surface area contributed by atoms with E-state index in [2.05, 4.69) is 14.7 Å². The Morgan fingerprint density at radius 2 is 2.00 bits per heavy atom. The van der Waals surface area contributed by atoms with Gasteiger partial charge in [0.25, 0.3) is 5.91 Å². The number of rotatable bonds is 6. The van der Waals surface area contributed by atoms with Crippen molar-refractivity contribution in [2.24, 2.45) is 7.05 Å². The van der Waals surface area contributed by atoms with Gasteiger partial charge in [0.2, 0.25) is 0 Å². The number of imidazole rings is 1. The number of ether oxygens (including phenoxy) is 1. The van der Waals surface area contributed by atoms with E-state index in [4.69, 9.17) is 0 Å². The van der Waals surface area contributed by atoms with Gasteiger partial charge in [0.1, 0.15) is 17.3 Å². The molecular formula is C22H20F4N4O2. The Balaban J connectivity index is 1.57. The highest BCUT2D eigenvalue weighted by molar-refractivity contribution is 5.92. The van der Waals surface area contributed by atoms with E-state index in [0.29, 0.717) is 11.3 Å². The molecule has 0 unspecified atom stereocenters.